The summed E-state index contributed by atoms with van der Waals surface area (Å²) < 4.78 is 0. The third kappa shape index (κ3) is 4.30. The Hall–Kier alpha value is -2.22. The molecule has 0 N–H and O–H groups in total. The number of allylic oxidation sites excluding steroid dienone is 6. The van der Waals surface area contributed by atoms with Crippen LogP contribution < -0.4 is 4.90 Å². The van der Waals surface area contributed by atoms with Crippen molar-refractivity contribution in [1.29, 1.82) is 0 Å². The molecular formula is C24H32N2. The molecule has 2 heteroatoms. The van der Waals surface area contributed by atoms with Gasteiger partial charge >= 0.3 is 0 Å². The van der Waals surface area contributed by atoms with Gasteiger partial charge in [-0.15, -0.1) is 0 Å². The summed E-state index contributed by atoms with van der Waals surface area (Å²) in [5.74, 6) is 1.60. The fourth-order valence-corrected chi connectivity index (χ4v) is 3.60. The van der Waals surface area contributed by atoms with Crippen molar-refractivity contribution < 1.29 is 0 Å². The number of hydrogen-bond acceptors (Lipinski definition) is 2. The van der Waals surface area contributed by atoms with Crippen molar-refractivity contribution in [3.8, 4) is 0 Å². The highest BCUT2D eigenvalue weighted by Gasteiger charge is 2.29. The van der Waals surface area contributed by atoms with Crippen LogP contribution in [0.5, 0.6) is 0 Å². The molecule has 2 fully saturated rings. The van der Waals surface area contributed by atoms with Gasteiger partial charge in [-0.25, -0.2) is 0 Å². The van der Waals surface area contributed by atoms with Crippen LogP contribution in [0.3, 0.4) is 0 Å². The lowest BCUT2D eigenvalue weighted by Gasteiger charge is -2.37. The van der Waals surface area contributed by atoms with Crippen molar-refractivity contribution in [3.63, 3.8) is 0 Å². The van der Waals surface area contributed by atoms with E-state index < -0.39 is 0 Å². The molecule has 3 rings (SSSR count). The first-order valence-corrected chi connectivity index (χ1v) is 9.77. The Bertz CT molecular complexity index is 715. The SMILES string of the molecule is C=C/C(C)=C(\C=C/C1CC1C)c1ccc(N2CCN(C(=C)C)CC2)cc1. The van der Waals surface area contributed by atoms with Gasteiger partial charge in [-0.3, -0.25) is 0 Å². The molecule has 0 bridgehead atoms. The summed E-state index contributed by atoms with van der Waals surface area (Å²) in [6.07, 6.45) is 7.95. The summed E-state index contributed by atoms with van der Waals surface area (Å²) in [5, 5.41) is 0. The zero-order valence-corrected chi connectivity index (χ0v) is 16.5. The van der Waals surface area contributed by atoms with E-state index in [9.17, 15) is 0 Å². The molecule has 0 aromatic heterocycles. The van der Waals surface area contributed by atoms with Crippen molar-refractivity contribution in [2.45, 2.75) is 27.2 Å². The predicted molar refractivity (Wildman–Crippen MR) is 114 cm³/mol. The van der Waals surface area contributed by atoms with Gasteiger partial charge in [-0.1, -0.05) is 50.4 Å². The van der Waals surface area contributed by atoms with E-state index in [2.05, 4.69) is 80.1 Å². The lowest BCUT2D eigenvalue weighted by molar-refractivity contribution is 0.323. The van der Waals surface area contributed by atoms with Gasteiger partial charge in [-0.2, -0.15) is 0 Å². The van der Waals surface area contributed by atoms with Crippen LogP contribution in [0.25, 0.3) is 5.57 Å². The maximum atomic E-state index is 4.06. The van der Waals surface area contributed by atoms with Crippen LogP contribution in [0.4, 0.5) is 5.69 Å². The van der Waals surface area contributed by atoms with Gasteiger partial charge in [0.2, 0.25) is 0 Å². The Morgan fingerprint density at radius 3 is 2.19 bits per heavy atom. The molecule has 138 valence electrons. The summed E-state index contributed by atoms with van der Waals surface area (Å²) in [4.78, 5) is 4.83. The molecular weight excluding hydrogens is 316 g/mol. The second kappa shape index (κ2) is 7.99. The molecule has 0 spiro atoms. The minimum absolute atomic E-state index is 0.756. The average Bonchev–Trinajstić information content (AvgIpc) is 3.37. The minimum atomic E-state index is 0.756. The van der Waals surface area contributed by atoms with Crippen LogP contribution in [-0.2, 0) is 0 Å². The topological polar surface area (TPSA) is 6.48 Å². The summed E-state index contributed by atoms with van der Waals surface area (Å²) in [7, 11) is 0. The lowest BCUT2D eigenvalue weighted by Crippen LogP contribution is -2.45. The summed E-state index contributed by atoms with van der Waals surface area (Å²) in [5.41, 5.74) is 6.28. The standard InChI is InChI=1S/C24H32N2/c1-6-19(4)24(12-9-22-17-20(22)5)21-7-10-23(11-8-21)26-15-13-25(14-16-26)18(2)3/h6-12,20,22H,1-2,13-17H2,3-5H3/b12-9-,24-19+. The summed E-state index contributed by atoms with van der Waals surface area (Å²) in [6, 6.07) is 9.03. The zero-order chi connectivity index (χ0) is 18.7. The van der Waals surface area contributed by atoms with Crippen molar-refractivity contribution in [2.75, 3.05) is 31.1 Å². The van der Waals surface area contributed by atoms with Crippen molar-refractivity contribution in [1.82, 2.24) is 4.90 Å². The zero-order valence-electron chi connectivity index (χ0n) is 16.5. The molecule has 0 amide bonds. The highest BCUT2D eigenvalue weighted by Crippen LogP contribution is 2.39. The molecule has 1 saturated carbocycles. The van der Waals surface area contributed by atoms with Crippen molar-refractivity contribution >= 4 is 11.3 Å². The number of benzene rings is 1. The number of anilines is 1. The highest BCUT2D eigenvalue weighted by atomic mass is 15.3. The lowest BCUT2D eigenvalue weighted by atomic mass is 9.99. The maximum absolute atomic E-state index is 4.06. The quantitative estimate of drug-likeness (QED) is 0.625. The van der Waals surface area contributed by atoms with Crippen LogP contribution in [0.1, 0.15) is 32.8 Å². The molecule has 1 aromatic carbocycles. The van der Waals surface area contributed by atoms with E-state index in [1.165, 1.54) is 34.5 Å². The second-order valence-corrected chi connectivity index (χ2v) is 7.79. The molecule has 1 aliphatic heterocycles. The third-order valence-electron chi connectivity index (χ3n) is 5.78. The number of piperazine rings is 1. The first-order valence-electron chi connectivity index (χ1n) is 9.77. The van der Waals surface area contributed by atoms with E-state index >= 15 is 0 Å². The molecule has 2 aliphatic rings. The van der Waals surface area contributed by atoms with Gasteiger partial charge < -0.3 is 9.80 Å². The monoisotopic (exact) mass is 348 g/mol. The van der Waals surface area contributed by atoms with E-state index in [1.54, 1.807) is 0 Å². The third-order valence-corrected chi connectivity index (χ3v) is 5.78. The molecule has 1 heterocycles. The molecule has 2 nitrogen and oxygen atoms in total. The molecule has 0 radical (unpaired) electrons. The smallest absolute Gasteiger partial charge is 0.0367 e. The first-order chi connectivity index (χ1) is 12.5. The summed E-state index contributed by atoms with van der Waals surface area (Å²) >= 11 is 0. The molecule has 2 unspecified atom stereocenters. The maximum Gasteiger partial charge on any atom is 0.0367 e. The minimum Gasteiger partial charge on any atom is -0.372 e. The number of nitrogens with zero attached hydrogens (tertiary/aromatic N) is 2. The van der Waals surface area contributed by atoms with Gasteiger partial charge in [0.15, 0.2) is 0 Å². The molecule has 1 saturated heterocycles. The first kappa shape index (κ1) is 18.6. The Morgan fingerprint density at radius 2 is 1.69 bits per heavy atom. The largest absolute Gasteiger partial charge is 0.372 e. The van der Waals surface area contributed by atoms with Gasteiger partial charge in [-0.05, 0) is 60.9 Å². The summed E-state index contributed by atoms with van der Waals surface area (Å²) in [6.45, 7) is 18.8. The number of hydrogen-bond donors (Lipinski definition) is 0. The molecule has 26 heavy (non-hydrogen) atoms. The Labute approximate surface area is 159 Å². The fourth-order valence-electron chi connectivity index (χ4n) is 3.60. The highest BCUT2D eigenvalue weighted by molar-refractivity contribution is 5.79. The Kier molecular flexibility index (Phi) is 5.70. The van der Waals surface area contributed by atoms with Gasteiger partial charge in [0.25, 0.3) is 0 Å². The van der Waals surface area contributed by atoms with Crippen molar-refractivity contribution in [2.24, 2.45) is 11.8 Å². The van der Waals surface area contributed by atoms with Crippen molar-refractivity contribution in [3.05, 3.63) is 72.5 Å². The molecule has 1 aromatic rings. The van der Waals surface area contributed by atoms with E-state index in [1.807, 2.05) is 6.08 Å². The Morgan fingerprint density at radius 1 is 1.08 bits per heavy atom. The second-order valence-electron chi connectivity index (χ2n) is 7.79. The molecule has 1 aliphatic carbocycles. The van der Waals surface area contributed by atoms with E-state index in [0.717, 1.165) is 38.0 Å². The number of rotatable bonds is 6. The Balaban J connectivity index is 1.72. The predicted octanol–water partition coefficient (Wildman–Crippen LogP) is 5.51. The van der Waals surface area contributed by atoms with Gasteiger partial charge in [0, 0.05) is 37.6 Å². The van der Waals surface area contributed by atoms with E-state index in [-0.39, 0.29) is 0 Å². The van der Waals surface area contributed by atoms with Crippen LogP contribution in [-0.4, -0.2) is 31.1 Å². The van der Waals surface area contributed by atoms with E-state index in [4.69, 9.17) is 0 Å². The van der Waals surface area contributed by atoms with Crippen LogP contribution in [0.15, 0.2) is 66.9 Å². The van der Waals surface area contributed by atoms with E-state index in [0.29, 0.717) is 0 Å². The van der Waals surface area contributed by atoms with Gasteiger partial charge in [0.05, 0.1) is 0 Å². The molecule has 2 atom stereocenters. The van der Waals surface area contributed by atoms with Crippen LogP contribution in [0, 0.1) is 11.8 Å². The normalized spacial score (nSPS) is 23.8. The van der Waals surface area contributed by atoms with Crippen LogP contribution >= 0.6 is 0 Å². The average molecular weight is 349 g/mol. The fraction of sp³-hybridized carbons (Fsp3) is 0.417. The van der Waals surface area contributed by atoms with Gasteiger partial charge in [0.1, 0.15) is 0 Å². The van der Waals surface area contributed by atoms with Crippen LogP contribution in [0.2, 0.25) is 0 Å².